The van der Waals surface area contributed by atoms with E-state index in [9.17, 15) is 19.2 Å². The highest BCUT2D eigenvalue weighted by Crippen LogP contribution is 2.35. The van der Waals surface area contributed by atoms with Gasteiger partial charge in [0.05, 0.1) is 17.6 Å². The van der Waals surface area contributed by atoms with E-state index in [1.165, 1.54) is 6.07 Å². The summed E-state index contributed by atoms with van der Waals surface area (Å²) < 4.78 is 14.0. The van der Waals surface area contributed by atoms with Crippen molar-refractivity contribution in [3.8, 4) is 6.07 Å². The minimum absolute atomic E-state index is 0.131. The molecule has 2 aliphatic rings. The van der Waals surface area contributed by atoms with Gasteiger partial charge in [0, 0.05) is 23.2 Å². The molecule has 6 nitrogen and oxygen atoms in total. The van der Waals surface area contributed by atoms with E-state index in [1.54, 1.807) is 24.3 Å². The van der Waals surface area contributed by atoms with Gasteiger partial charge in [-0.15, -0.1) is 0 Å². The molecule has 1 unspecified atom stereocenters. The van der Waals surface area contributed by atoms with Crippen LogP contribution in [0.15, 0.2) is 41.2 Å². The van der Waals surface area contributed by atoms with Crippen molar-refractivity contribution < 1.29 is 9.18 Å². The number of aromatic nitrogens is 1. The number of nitrogens with zero attached hydrogens (tertiary/aromatic N) is 1. The van der Waals surface area contributed by atoms with Crippen molar-refractivity contribution in [1.82, 2.24) is 15.6 Å². The number of para-hydroxylation sites is 1. The summed E-state index contributed by atoms with van der Waals surface area (Å²) in [5, 5.41) is 17.5. The van der Waals surface area contributed by atoms with Gasteiger partial charge in [0.25, 0.3) is 5.56 Å². The second-order valence-electron chi connectivity index (χ2n) is 8.31. The molecule has 1 amide bonds. The first-order valence-corrected chi connectivity index (χ1v) is 10.2. The van der Waals surface area contributed by atoms with Gasteiger partial charge in [-0.25, -0.2) is 4.39 Å². The average molecular weight is 404 g/mol. The largest absolute Gasteiger partial charge is 0.339 e. The van der Waals surface area contributed by atoms with Crippen LogP contribution in [0.1, 0.15) is 24.8 Å². The predicted octanol–water partition coefficient (Wildman–Crippen LogP) is 2.51. The fraction of sp³-hybridized carbons (Fsp3) is 0.348. The molecule has 2 aromatic carbocycles. The van der Waals surface area contributed by atoms with Crippen LogP contribution in [0.25, 0.3) is 21.7 Å². The molecule has 7 heteroatoms. The number of carbonyl (C=O) groups excluding carboxylic acids is 1. The molecule has 1 aliphatic carbocycles. The molecular formula is C23H21FN4O2. The molecule has 3 N–H and O–H groups in total. The van der Waals surface area contributed by atoms with Crippen molar-refractivity contribution in [3.63, 3.8) is 0 Å². The number of benzene rings is 2. The van der Waals surface area contributed by atoms with Crippen molar-refractivity contribution in [2.24, 2.45) is 5.92 Å². The van der Waals surface area contributed by atoms with Gasteiger partial charge in [0.1, 0.15) is 11.9 Å². The Bertz CT molecular complexity index is 1260. The SMILES string of the molecule is N#CC(Cc1ccc2c(c1)c(=O)[nH]c1c(F)cccc12)NC(=O)[C@H]1N[C@@H]2CC[C@H]1C2. The minimum atomic E-state index is -0.687. The van der Waals surface area contributed by atoms with Gasteiger partial charge in [-0.1, -0.05) is 24.3 Å². The van der Waals surface area contributed by atoms with Gasteiger partial charge in [0.15, 0.2) is 0 Å². The van der Waals surface area contributed by atoms with Crippen LogP contribution < -0.4 is 16.2 Å². The average Bonchev–Trinajstić information content (AvgIpc) is 3.38. The number of amides is 1. The van der Waals surface area contributed by atoms with Crippen molar-refractivity contribution in [2.75, 3.05) is 0 Å². The summed E-state index contributed by atoms with van der Waals surface area (Å²) in [5.41, 5.74) is 0.563. The Balaban J connectivity index is 1.39. The monoisotopic (exact) mass is 404 g/mol. The summed E-state index contributed by atoms with van der Waals surface area (Å²) >= 11 is 0. The van der Waals surface area contributed by atoms with Crippen molar-refractivity contribution in [2.45, 2.75) is 43.8 Å². The number of pyridine rings is 1. The molecule has 0 radical (unpaired) electrons. The van der Waals surface area contributed by atoms with Gasteiger partial charge in [-0.2, -0.15) is 5.26 Å². The summed E-state index contributed by atoms with van der Waals surface area (Å²) in [6.07, 6.45) is 3.48. The van der Waals surface area contributed by atoms with Crippen LogP contribution in [0.3, 0.4) is 0 Å². The summed E-state index contributed by atoms with van der Waals surface area (Å²) in [5.74, 6) is -0.256. The van der Waals surface area contributed by atoms with E-state index in [1.807, 2.05) is 6.07 Å². The van der Waals surface area contributed by atoms with Gasteiger partial charge in [-0.05, 0) is 48.3 Å². The lowest BCUT2D eigenvalue weighted by molar-refractivity contribution is -0.124. The second-order valence-corrected chi connectivity index (χ2v) is 8.31. The van der Waals surface area contributed by atoms with E-state index >= 15 is 0 Å². The first-order chi connectivity index (χ1) is 14.5. The minimum Gasteiger partial charge on any atom is -0.339 e. The Morgan fingerprint density at radius 1 is 1.23 bits per heavy atom. The molecule has 1 aromatic heterocycles. The third kappa shape index (κ3) is 3.14. The zero-order valence-corrected chi connectivity index (χ0v) is 16.2. The van der Waals surface area contributed by atoms with Crippen LogP contribution in [0.2, 0.25) is 0 Å². The molecule has 4 atom stereocenters. The van der Waals surface area contributed by atoms with E-state index < -0.39 is 11.9 Å². The van der Waals surface area contributed by atoms with Crippen LogP contribution in [-0.2, 0) is 11.2 Å². The fourth-order valence-corrected chi connectivity index (χ4v) is 4.97. The van der Waals surface area contributed by atoms with Gasteiger partial charge in [0.2, 0.25) is 5.91 Å². The third-order valence-corrected chi connectivity index (χ3v) is 6.43. The molecule has 2 bridgehead atoms. The number of hydrogen-bond donors (Lipinski definition) is 3. The number of carbonyl (C=O) groups is 1. The Morgan fingerprint density at radius 3 is 2.83 bits per heavy atom. The number of nitriles is 1. The van der Waals surface area contributed by atoms with Gasteiger partial charge >= 0.3 is 0 Å². The van der Waals surface area contributed by atoms with Crippen molar-refractivity contribution in [1.29, 1.82) is 5.26 Å². The zero-order chi connectivity index (χ0) is 20.8. The molecular weight excluding hydrogens is 383 g/mol. The van der Waals surface area contributed by atoms with Crippen LogP contribution in [0.4, 0.5) is 4.39 Å². The van der Waals surface area contributed by atoms with E-state index in [2.05, 4.69) is 21.7 Å². The number of halogens is 1. The molecule has 5 rings (SSSR count). The first kappa shape index (κ1) is 18.8. The molecule has 2 fully saturated rings. The maximum atomic E-state index is 14.0. The van der Waals surface area contributed by atoms with Crippen LogP contribution in [0.5, 0.6) is 0 Å². The molecule has 3 aromatic rings. The number of H-pyrrole nitrogens is 1. The van der Waals surface area contributed by atoms with E-state index in [-0.39, 0.29) is 23.0 Å². The Labute approximate surface area is 172 Å². The number of rotatable bonds is 4. The van der Waals surface area contributed by atoms with Crippen LogP contribution in [0, 0.1) is 23.1 Å². The molecule has 1 aliphatic heterocycles. The van der Waals surface area contributed by atoms with E-state index in [0.717, 1.165) is 24.8 Å². The highest BCUT2D eigenvalue weighted by molar-refractivity contribution is 6.05. The van der Waals surface area contributed by atoms with E-state index in [4.69, 9.17) is 0 Å². The molecule has 1 saturated carbocycles. The molecule has 0 spiro atoms. The van der Waals surface area contributed by atoms with Gasteiger partial charge < -0.3 is 15.6 Å². The zero-order valence-electron chi connectivity index (χ0n) is 16.2. The molecule has 2 heterocycles. The van der Waals surface area contributed by atoms with Crippen LogP contribution in [-0.4, -0.2) is 29.0 Å². The Morgan fingerprint density at radius 2 is 2.10 bits per heavy atom. The second kappa shape index (κ2) is 7.22. The number of piperidine rings is 1. The number of nitrogens with one attached hydrogen (secondary N) is 3. The lowest BCUT2D eigenvalue weighted by atomic mass is 9.98. The lowest BCUT2D eigenvalue weighted by Crippen LogP contribution is -2.50. The topological polar surface area (TPSA) is 97.8 Å². The molecule has 1 saturated heterocycles. The van der Waals surface area contributed by atoms with Gasteiger partial charge in [-0.3, -0.25) is 9.59 Å². The number of hydrogen-bond acceptors (Lipinski definition) is 4. The summed E-state index contributed by atoms with van der Waals surface area (Å²) in [6, 6.07) is 11.6. The molecule has 152 valence electrons. The summed E-state index contributed by atoms with van der Waals surface area (Å²) in [7, 11) is 0. The highest BCUT2D eigenvalue weighted by Gasteiger charge is 2.43. The normalized spacial score (nSPS) is 23.5. The highest BCUT2D eigenvalue weighted by atomic mass is 19.1. The number of aromatic amines is 1. The smallest absolute Gasteiger partial charge is 0.256 e. The standard InChI is InChI=1S/C23H21FN4O2/c24-19-3-1-2-17-16-7-4-12(9-18(16)22(29)28-21(17)19)8-15(11-25)27-23(30)20-13-5-6-14(10-13)26-20/h1-4,7,9,13-15,20,26H,5-6,8,10H2,(H,27,30)(H,28,29)/t13-,14+,15?,20-/m0/s1. The summed E-state index contributed by atoms with van der Waals surface area (Å²) in [6.45, 7) is 0. The lowest BCUT2D eigenvalue weighted by Gasteiger charge is -2.23. The Hall–Kier alpha value is -3.24. The van der Waals surface area contributed by atoms with Crippen LogP contribution >= 0.6 is 0 Å². The fourth-order valence-electron chi connectivity index (χ4n) is 4.97. The summed E-state index contributed by atoms with van der Waals surface area (Å²) in [4.78, 5) is 27.7. The quantitative estimate of drug-likeness (QED) is 0.582. The maximum Gasteiger partial charge on any atom is 0.256 e. The maximum absolute atomic E-state index is 14.0. The Kier molecular flexibility index (Phi) is 4.52. The predicted molar refractivity (Wildman–Crippen MR) is 111 cm³/mol. The molecule has 30 heavy (non-hydrogen) atoms. The first-order valence-electron chi connectivity index (χ1n) is 10.2. The van der Waals surface area contributed by atoms with E-state index in [0.29, 0.717) is 34.5 Å². The number of fused-ring (bicyclic) bond motifs is 5. The van der Waals surface area contributed by atoms with Crippen molar-refractivity contribution in [3.05, 3.63) is 58.1 Å². The van der Waals surface area contributed by atoms with Crippen molar-refractivity contribution >= 4 is 27.6 Å². The third-order valence-electron chi connectivity index (χ3n) is 6.43.